The zero-order chi connectivity index (χ0) is 18.6. The van der Waals surface area contributed by atoms with Crippen molar-refractivity contribution >= 4 is 33.7 Å². The Hall–Kier alpha value is -2.98. The number of amidine groups is 1. The molecule has 1 aliphatic heterocycles. The summed E-state index contributed by atoms with van der Waals surface area (Å²) in [5.74, 6) is 0.605. The van der Waals surface area contributed by atoms with Crippen LogP contribution in [0.15, 0.2) is 100 Å². The molecule has 0 spiro atoms. The van der Waals surface area contributed by atoms with Crippen LogP contribution in [-0.2, 0) is 11.3 Å². The van der Waals surface area contributed by atoms with E-state index in [0.29, 0.717) is 18.1 Å². The van der Waals surface area contributed by atoms with Gasteiger partial charge in [-0.3, -0.25) is 9.69 Å². The van der Waals surface area contributed by atoms with Gasteiger partial charge < -0.3 is 0 Å². The zero-order valence-corrected chi connectivity index (χ0v) is 16.1. The molecule has 4 heteroatoms. The minimum absolute atomic E-state index is 0.0828. The zero-order valence-electron chi connectivity index (χ0n) is 14.5. The highest BCUT2D eigenvalue weighted by Crippen LogP contribution is 2.24. The molecule has 0 aromatic heterocycles. The summed E-state index contributed by atoms with van der Waals surface area (Å²) in [4.78, 5) is 19.5. The van der Waals surface area contributed by atoms with Crippen molar-refractivity contribution in [2.24, 2.45) is 4.99 Å². The number of hydrogen-bond acceptors (Lipinski definition) is 2. The SMILES string of the molecule is O=C1/C(=C\c2ccc(Br)cc2)N=C(c2ccccc2)N1Cc1ccccc1. The van der Waals surface area contributed by atoms with Gasteiger partial charge in [-0.2, -0.15) is 0 Å². The first kappa shape index (κ1) is 17.4. The summed E-state index contributed by atoms with van der Waals surface area (Å²) >= 11 is 3.43. The smallest absolute Gasteiger partial charge is 0.278 e. The van der Waals surface area contributed by atoms with E-state index >= 15 is 0 Å². The van der Waals surface area contributed by atoms with Crippen molar-refractivity contribution in [1.29, 1.82) is 0 Å². The molecule has 1 amide bonds. The van der Waals surface area contributed by atoms with Crippen molar-refractivity contribution in [2.75, 3.05) is 0 Å². The Labute approximate surface area is 166 Å². The molecule has 0 N–H and O–H groups in total. The molecule has 0 unspecified atom stereocenters. The van der Waals surface area contributed by atoms with Crippen LogP contribution in [0.1, 0.15) is 16.7 Å². The Morgan fingerprint density at radius 3 is 2.15 bits per heavy atom. The number of carbonyl (C=O) groups excluding carboxylic acids is 1. The van der Waals surface area contributed by atoms with Crippen molar-refractivity contribution in [3.63, 3.8) is 0 Å². The van der Waals surface area contributed by atoms with Crippen molar-refractivity contribution < 1.29 is 4.79 Å². The molecule has 0 fully saturated rings. The average Bonchev–Trinajstić information content (AvgIpc) is 3.01. The predicted molar refractivity (Wildman–Crippen MR) is 112 cm³/mol. The first-order valence-corrected chi connectivity index (χ1v) is 9.47. The van der Waals surface area contributed by atoms with Crippen molar-refractivity contribution in [1.82, 2.24) is 4.90 Å². The van der Waals surface area contributed by atoms with E-state index < -0.39 is 0 Å². The molecule has 3 aromatic rings. The Morgan fingerprint density at radius 1 is 0.852 bits per heavy atom. The highest BCUT2D eigenvalue weighted by molar-refractivity contribution is 9.10. The first-order chi connectivity index (χ1) is 13.2. The molecular formula is C23H17BrN2O. The van der Waals surface area contributed by atoms with Gasteiger partial charge in [-0.05, 0) is 29.3 Å². The Kier molecular flexibility index (Phi) is 4.99. The topological polar surface area (TPSA) is 32.7 Å². The number of benzene rings is 3. The van der Waals surface area contributed by atoms with Gasteiger partial charge >= 0.3 is 0 Å². The predicted octanol–water partition coefficient (Wildman–Crippen LogP) is 5.28. The lowest BCUT2D eigenvalue weighted by molar-refractivity contribution is -0.123. The summed E-state index contributed by atoms with van der Waals surface area (Å²) in [6.07, 6.45) is 1.84. The fourth-order valence-corrected chi connectivity index (χ4v) is 3.25. The fraction of sp³-hybridized carbons (Fsp3) is 0.0435. The number of halogens is 1. The van der Waals surface area contributed by atoms with Crippen LogP contribution in [0.3, 0.4) is 0 Å². The van der Waals surface area contributed by atoms with Crippen LogP contribution in [0, 0.1) is 0 Å². The third-order valence-electron chi connectivity index (χ3n) is 4.34. The minimum atomic E-state index is -0.0828. The lowest BCUT2D eigenvalue weighted by Gasteiger charge is -2.18. The van der Waals surface area contributed by atoms with Gasteiger partial charge in [0.05, 0.1) is 6.54 Å². The number of carbonyl (C=O) groups is 1. The van der Waals surface area contributed by atoms with E-state index in [-0.39, 0.29) is 5.91 Å². The first-order valence-electron chi connectivity index (χ1n) is 8.68. The Morgan fingerprint density at radius 2 is 1.48 bits per heavy atom. The summed E-state index contributed by atoms with van der Waals surface area (Å²) < 4.78 is 1.00. The van der Waals surface area contributed by atoms with Crippen LogP contribution in [0.2, 0.25) is 0 Å². The van der Waals surface area contributed by atoms with E-state index in [2.05, 4.69) is 20.9 Å². The van der Waals surface area contributed by atoms with Crippen LogP contribution in [0.5, 0.6) is 0 Å². The molecule has 0 aliphatic carbocycles. The van der Waals surface area contributed by atoms with Gasteiger partial charge in [0, 0.05) is 10.0 Å². The molecule has 3 nitrogen and oxygen atoms in total. The molecule has 0 radical (unpaired) electrons. The average molecular weight is 417 g/mol. The summed E-state index contributed by atoms with van der Waals surface area (Å²) in [6.45, 7) is 0.491. The highest BCUT2D eigenvalue weighted by atomic mass is 79.9. The third-order valence-corrected chi connectivity index (χ3v) is 4.86. The quantitative estimate of drug-likeness (QED) is 0.532. The molecule has 1 aliphatic rings. The molecular weight excluding hydrogens is 400 g/mol. The van der Waals surface area contributed by atoms with E-state index in [4.69, 9.17) is 0 Å². The lowest BCUT2D eigenvalue weighted by Crippen LogP contribution is -2.32. The van der Waals surface area contributed by atoms with Crippen LogP contribution in [-0.4, -0.2) is 16.6 Å². The van der Waals surface area contributed by atoms with Gasteiger partial charge in [-0.25, -0.2) is 4.99 Å². The second-order valence-corrected chi connectivity index (χ2v) is 7.18. The van der Waals surface area contributed by atoms with Crippen LogP contribution in [0.25, 0.3) is 6.08 Å². The van der Waals surface area contributed by atoms with E-state index in [1.807, 2.05) is 91.0 Å². The molecule has 132 valence electrons. The number of hydrogen-bond donors (Lipinski definition) is 0. The van der Waals surface area contributed by atoms with Crippen molar-refractivity contribution in [3.8, 4) is 0 Å². The van der Waals surface area contributed by atoms with E-state index in [1.54, 1.807) is 4.90 Å². The fourth-order valence-electron chi connectivity index (χ4n) is 2.99. The van der Waals surface area contributed by atoms with E-state index in [9.17, 15) is 4.79 Å². The second kappa shape index (κ2) is 7.72. The maximum absolute atomic E-state index is 13.1. The second-order valence-electron chi connectivity index (χ2n) is 6.26. The lowest BCUT2D eigenvalue weighted by atomic mass is 10.1. The molecule has 0 saturated heterocycles. The summed E-state index contributed by atoms with van der Waals surface area (Å²) in [6, 6.07) is 27.6. The normalized spacial score (nSPS) is 15.3. The number of amides is 1. The van der Waals surface area contributed by atoms with Gasteiger partial charge in [0.2, 0.25) is 0 Å². The largest absolute Gasteiger partial charge is 0.286 e. The van der Waals surface area contributed by atoms with Crippen LogP contribution in [0.4, 0.5) is 0 Å². The number of aliphatic imine (C=N–C) groups is 1. The minimum Gasteiger partial charge on any atom is -0.286 e. The Bertz CT molecular complexity index is 1010. The number of rotatable bonds is 4. The monoisotopic (exact) mass is 416 g/mol. The summed E-state index contributed by atoms with van der Waals surface area (Å²) in [7, 11) is 0. The van der Waals surface area contributed by atoms with Gasteiger partial charge in [-0.15, -0.1) is 0 Å². The van der Waals surface area contributed by atoms with Gasteiger partial charge in [0.25, 0.3) is 5.91 Å². The maximum atomic E-state index is 13.1. The van der Waals surface area contributed by atoms with Gasteiger partial charge in [-0.1, -0.05) is 88.7 Å². The molecule has 3 aromatic carbocycles. The van der Waals surface area contributed by atoms with Crippen LogP contribution < -0.4 is 0 Å². The molecule has 1 heterocycles. The molecule has 4 rings (SSSR count). The highest BCUT2D eigenvalue weighted by Gasteiger charge is 2.30. The summed E-state index contributed by atoms with van der Waals surface area (Å²) in [5, 5.41) is 0. The van der Waals surface area contributed by atoms with E-state index in [0.717, 1.165) is 21.2 Å². The standard InChI is InChI=1S/C23H17BrN2O/c24-20-13-11-17(12-14-20)15-21-23(27)26(16-18-7-3-1-4-8-18)22(25-21)19-9-5-2-6-10-19/h1-15H,16H2/b21-15+. The molecule has 0 atom stereocenters. The Balaban J connectivity index is 1.72. The van der Waals surface area contributed by atoms with Crippen molar-refractivity contribution in [3.05, 3.63) is 112 Å². The number of nitrogens with zero attached hydrogens (tertiary/aromatic N) is 2. The van der Waals surface area contributed by atoms with Crippen LogP contribution >= 0.6 is 15.9 Å². The van der Waals surface area contributed by atoms with Crippen molar-refractivity contribution in [2.45, 2.75) is 6.54 Å². The van der Waals surface area contributed by atoms with E-state index in [1.165, 1.54) is 0 Å². The summed E-state index contributed by atoms with van der Waals surface area (Å²) in [5.41, 5.74) is 3.40. The van der Waals surface area contributed by atoms with Gasteiger partial charge in [0.1, 0.15) is 11.5 Å². The maximum Gasteiger partial charge on any atom is 0.278 e. The molecule has 27 heavy (non-hydrogen) atoms. The molecule has 0 saturated carbocycles. The molecule has 0 bridgehead atoms. The van der Waals surface area contributed by atoms with Gasteiger partial charge in [0.15, 0.2) is 0 Å². The third kappa shape index (κ3) is 3.91.